The normalized spacial score (nSPS) is 11.4. The van der Waals surface area contributed by atoms with E-state index in [0.29, 0.717) is 0 Å². The van der Waals surface area contributed by atoms with E-state index in [4.69, 9.17) is 0 Å². The summed E-state index contributed by atoms with van der Waals surface area (Å²) in [5, 5.41) is 3.43. The van der Waals surface area contributed by atoms with Gasteiger partial charge in [0, 0.05) is 11.7 Å². The molecule has 0 amide bonds. The van der Waals surface area contributed by atoms with Crippen molar-refractivity contribution in [1.29, 1.82) is 0 Å². The Kier molecular flexibility index (Phi) is 2.91. The lowest BCUT2D eigenvalue weighted by Crippen LogP contribution is -2.30. The van der Waals surface area contributed by atoms with Crippen molar-refractivity contribution in [1.82, 2.24) is 4.98 Å². The molecule has 2 heteroatoms. The van der Waals surface area contributed by atoms with Crippen molar-refractivity contribution >= 4 is 5.82 Å². The summed E-state index contributed by atoms with van der Waals surface area (Å²) >= 11 is 0. The number of nitrogens with one attached hydrogen (secondary N) is 1. The molecule has 0 radical (unpaired) electrons. The lowest BCUT2D eigenvalue weighted by Gasteiger charge is -2.25. The van der Waals surface area contributed by atoms with Crippen molar-refractivity contribution in [3.63, 3.8) is 0 Å². The first-order valence-corrected chi connectivity index (χ1v) is 4.75. The van der Waals surface area contributed by atoms with Gasteiger partial charge in [-0.2, -0.15) is 0 Å². The van der Waals surface area contributed by atoms with E-state index in [-0.39, 0.29) is 5.54 Å². The minimum absolute atomic E-state index is 0.124. The molecule has 0 aromatic carbocycles. The molecule has 1 rings (SSSR count). The van der Waals surface area contributed by atoms with Gasteiger partial charge in [0.2, 0.25) is 0 Å². The third kappa shape index (κ3) is 2.72. The fraction of sp³-hybridized carbons (Fsp3) is 0.545. The number of rotatable bonds is 3. The quantitative estimate of drug-likeness (QED) is 0.769. The van der Waals surface area contributed by atoms with Crippen LogP contribution in [0.3, 0.4) is 0 Å². The lowest BCUT2D eigenvalue weighted by molar-refractivity contribution is 0.544. The van der Waals surface area contributed by atoms with Crippen LogP contribution in [0.5, 0.6) is 0 Å². The lowest BCUT2D eigenvalue weighted by atomic mass is 10.0. The van der Waals surface area contributed by atoms with Crippen LogP contribution in [0, 0.1) is 6.92 Å². The van der Waals surface area contributed by atoms with Crippen molar-refractivity contribution in [3.05, 3.63) is 23.9 Å². The zero-order valence-electron chi connectivity index (χ0n) is 8.89. The fourth-order valence-corrected chi connectivity index (χ4v) is 1.03. The predicted molar refractivity (Wildman–Crippen MR) is 57.0 cm³/mol. The Balaban J connectivity index is 2.80. The van der Waals surface area contributed by atoms with Crippen molar-refractivity contribution < 1.29 is 0 Å². The molecule has 0 saturated heterocycles. The maximum atomic E-state index is 4.30. The van der Waals surface area contributed by atoms with Crippen LogP contribution in [-0.4, -0.2) is 10.5 Å². The van der Waals surface area contributed by atoms with Gasteiger partial charge in [0.15, 0.2) is 0 Å². The second-order valence-electron chi connectivity index (χ2n) is 4.03. The summed E-state index contributed by atoms with van der Waals surface area (Å²) < 4.78 is 0. The average molecular weight is 178 g/mol. The van der Waals surface area contributed by atoms with E-state index in [9.17, 15) is 0 Å². The Hall–Kier alpha value is -1.05. The van der Waals surface area contributed by atoms with Gasteiger partial charge in [-0.05, 0) is 38.8 Å². The summed E-state index contributed by atoms with van der Waals surface area (Å²) in [5.41, 5.74) is 1.32. The first kappa shape index (κ1) is 10.0. The highest BCUT2D eigenvalue weighted by Gasteiger charge is 2.15. The molecule has 0 aliphatic carbocycles. The highest BCUT2D eigenvalue weighted by molar-refractivity contribution is 5.44. The van der Waals surface area contributed by atoms with E-state index in [0.717, 1.165) is 12.2 Å². The minimum atomic E-state index is 0.124. The molecule has 0 aliphatic heterocycles. The molecule has 1 heterocycles. The van der Waals surface area contributed by atoms with Crippen molar-refractivity contribution in [2.75, 3.05) is 5.32 Å². The Bertz CT molecular complexity index is 279. The van der Waals surface area contributed by atoms with Gasteiger partial charge in [0.05, 0.1) is 0 Å². The van der Waals surface area contributed by atoms with Crippen molar-refractivity contribution in [2.24, 2.45) is 0 Å². The molecule has 0 bridgehead atoms. The first-order chi connectivity index (χ1) is 6.05. The van der Waals surface area contributed by atoms with E-state index in [1.807, 2.05) is 12.3 Å². The summed E-state index contributed by atoms with van der Waals surface area (Å²) in [5.74, 6) is 0.995. The summed E-state index contributed by atoms with van der Waals surface area (Å²) in [6, 6.07) is 4.03. The van der Waals surface area contributed by atoms with Crippen LogP contribution in [0.15, 0.2) is 18.3 Å². The van der Waals surface area contributed by atoms with Gasteiger partial charge >= 0.3 is 0 Å². The summed E-state index contributed by atoms with van der Waals surface area (Å²) in [6.07, 6.45) is 2.91. The monoisotopic (exact) mass is 178 g/mol. The van der Waals surface area contributed by atoms with Gasteiger partial charge < -0.3 is 5.32 Å². The number of aryl methyl sites for hydroxylation is 1. The number of nitrogens with zero attached hydrogens (tertiary/aromatic N) is 1. The van der Waals surface area contributed by atoms with Crippen LogP contribution >= 0.6 is 0 Å². The van der Waals surface area contributed by atoms with E-state index in [1.54, 1.807) is 0 Å². The van der Waals surface area contributed by atoms with Crippen LogP contribution in [0.25, 0.3) is 0 Å². The number of aromatic nitrogens is 1. The Morgan fingerprint density at radius 2 is 2.15 bits per heavy atom. The Morgan fingerprint density at radius 3 is 2.69 bits per heavy atom. The van der Waals surface area contributed by atoms with Gasteiger partial charge in [-0.15, -0.1) is 0 Å². The minimum Gasteiger partial charge on any atom is -0.365 e. The van der Waals surface area contributed by atoms with Crippen molar-refractivity contribution in [2.45, 2.75) is 39.7 Å². The smallest absolute Gasteiger partial charge is 0.129 e. The van der Waals surface area contributed by atoms with Crippen LogP contribution < -0.4 is 5.32 Å². The Morgan fingerprint density at radius 1 is 1.46 bits per heavy atom. The zero-order valence-corrected chi connectivity index (χ0v) is 8.89. The van der Waals surface area contributed by atoms with E-state index in [1.165, 1.54) is 5.56 Å². The number of anilines is 1. The molecule has 0 aliphatic rings. The molecule has 0 saturated carbocycles. The molecular weight excluding hydrogens is 160 g/mol. The topological polar surface area (TPSA) is 24.9 Å². The molecule has 1 aromatic heterocycles. The molecule has 0 spiro atoms. The maximum absolute atomic E-state index is 4.30. The highest BCUT2D eigenvalue weighted by Crippen LogP contribution is 2.18. The number of hydrogen-bond donors (Lipinski definition) is 1. The van der Waals surface area contributed by atoms with E-state index < -0.39 is 0 Å². The van der Waals surface area contributed by atoms with E-state index in [2.05, 4.69) is 44.1 Å². The standard InChI is InChI=1S/C11H18N2/c1-5-11(3,4)13-10-9(2)7-6-8-12-10/h6-8H,5H2,1-4H3,(H,12,13). The molecule has 1 aromatic rings. The van der Waals surface area contributed by atoms with Crippen LogP contribution in [0.1, 0.15) is 32.8 Å². The number of pyridine rings is 1. The SMILES string of the molecule is CCC(C)(C)Nc1ncccc1C. The van der Waals surface area contributed by atoms with Gasteiger partial charge in [0.1, 0.15) is 5.82 Å². The largest absolute Gasteiger partial charge is 0.365 e. The fourth-order valence-electron chi connectivity index (χ4n) is 1.03. The van der Waals surface area contributed by atoms with Crippen LogP contribution in [0.4, 0.5) is 5.82 Å². The second-order valence-corrected chi connectivity index (χ2v) is 4.03. The van der Waals surface area contributed by atoms with Gasteiger partial charge in [-0.3, -0.25) is 0 Å². The Labute approximate surface area is 80.4 Å². The summed E-state index contributed by atoms with van der Waals surface area (Å²) in [7, 11) is 0. The third-order valence-electron chi connectivity index (χ3n) is 2.35. The molecular formula is C11H18N2. The molecule has 13 heavy (non-hydrogen) atoms. The summed E-state index contributed by atoms with van der Waals surface area (Å²) in [6.45, 7) is 8.61. The predicted octanol–water partition coefficient (Wildman–Crippen LogP) is 2.99. The van der Waals surface area contributed by atoms with Crippen LogP contribution in [-0.2, 0) is 0 Å². The van der Waals surface area contributed by atoms with Crippen LogP contribution in [0.2, 0.25) is 0 Å². The number of hydrogen-bond acceptors (Lipinski definition) is 2. The van der Waals surface area contributed by atoms with Crippen molar-refractivity contribution in [3.8, 4) is 0 Å². The maximum Gasteiger partial charge on any atom is 0.129 e. The van der Waals surface area contributed by atoms with Gasteiger partial charge in [-0.1, -0.05) is 13.0 Å². The molecule has 72 valence electrons. The molecule has 0 fully saturated rings. The molecule has 1 N–H and O–H groups in total. The first-order valence-electron chi connectivity index (χ1n) is 4.75. The average Bonchev–Trinajstić information content (AvgIpc) is 2.09. The third-order valence-corrected chi connectivity index (χ3v) is 2.35. The molecule has 0 atom stereocenters. The molecule has 2 nitrogen and oxygen atoms in total. The van der Waals surface area contributed by atoms with Gasteiger partial charge in [0.25, 0.3) is 0 Å². The van der Waals surface area contributed by atoms with E-state index >= 15 is 0 Å². The second kappa shape index (κ2) is 3.77. The zero-order chi connectivity index (χ0) is 9.90. The summed E-state index contributed by atoms with van der Waals surface area (Å²) in [4.78, 5) is 4.30. The highest BCUT2D eigenvalue weighted by atomic mass is 15.0. The van der Waals surface area contributed by atoms with Gasteiger partial charge in [-0.25, -0.2) is 4.98 Å². The molecule has 0 unspecified atom stereocenters.